The molecule has 2 aromatic heterocycles. The Morgan fingerprint density at radius 1 is 1.12 bits per heavy atom. The third kappa shape index (κ3) is 2.33. The lowest BCUT2D eigenvalue weighted by Crippen LogP contribution is -2.38. The van der Waals surface area contributed by atoms with Gasteiger partial charge in [0, 0.05) is 11.9 Å². The first-order valence-corrected chi connectivity index (χ1v) is 8.86. The van der Waals surface area contributed by atoms with Crippen LogP contribution in [0.4, 0.5) is 4.39 Å². The maximum absolute atomic E-state index is 13.1. The lowest BCUT2D eigenvalue weighted by molar-refractivity contribution is 0.624. The number of aromatic nitrogens is 2. The minimum absolute atomic E-state index is 0.218. The van der Waals surface area contributed by atoms with Gasteiger partial charge in [0.1, 0.15) is 10.5 Å². The summed E-state index contributed by atoms with van der Waals surface area (Å²) in [4.78, 5) is 26.5. The number of hydrogen-bond donors (Lipinski definition) is 0. The third-order valence-corrected chi connectivity index (χ3v) is 5.95. The van der Waals surface area contributed by atoms with Crippen molar-refractivity contribution in [1.82, 2.24) is 9.13 Å². The summed E-state index contributed by atoms with van der Waals surface area (Å²) in [7, 11) is 1.52. The van der Waals surface area contributed by atoms with Gasteiger partial charge in [0.25, 0.3) is 5.56 Å². The van der Waals surface area contributed by atoms with Crippen molar-refractivity contribution in [3.05, 3.63) is 66.9 Å². The molecule has 3 aromatic rings. The largest absolute Gasteiger partial charge is 0.331 e. The Hall–Kier alpha value is -2.21. The molecular weight excluding hydrogens is 327 g/mol. The molecule has 0 fully saturated rings. The summed E-state index contributed by atoms with van der Waals surface area (Å²) in [5.41, 5.74) is 2.24. The highest BCUT2D eigenvalue weighted by molar-refractivity contribution is 7.19. The molecule has 4 rings (SSSR count). The zero-order valence-corrected chi connectivity index (χ0v) is 14.2. The van der Waals surface area contributed by atoms with Crippen LogP contribution in [-0.4, -0.2) is 9.13 Å². The molecule has 0 amide bonds. The van der Waals surface area contributed by atoms with Crippen molar-refractivity contribution in [2.24, 2.45) is 7.05 Å². The first-order valence-electron chi connectivity index (χ1n) is 8.05. The maximum atomic E-state index is 13.1. The smallest absolute Gasteiger partial charge is 0.288 e. The van der Waals surface area contributed by atoms with E-state index in [2.05, 4.69) is 0 Å². The molecule has 1 aliphatic carbocycles. The lowest BCUT2D eigenvalue weighted by Gasteiger charge is -2.14. The van der Waals surface area contributed by atoms with Gasteiger partial charge in [-0.3, -0.25) is 13.9 Å². The summed E-state index contributed by atoms with van der Waals surface area (Å²) in [5.74, 6) is -0.301. The highest BCUT2D eigenvalue weighted by Gasteiger charge is 2.22. The van der Waals surface area contributed by atoms with E-state index in [1.54, 1.807) is 16.7 Å². The van der Waals surface area contributed by atoms with Crippen LogP contribution in [0, 0.1) is 5.82 Å². The van der Waals surface area contributed by atoms with Crippen LogP contribution in [0.5, 0.6) is 0 Å². The van der Waals surface area contributed by atoms with Crippen LogP contribution >= 0.6 is 11.3 Å². The Morgan fingerprint density at radius 3 is 2.58 bits per heavy atom. The topological polar surface area (TPSA) is 44.0 Å². The van der Waals surface area contributed by atoms with Gasteiger partial charge in [0.2, 0.25) is 0 Å². The van der Waals surface area contributed by atoms with Gasteiger partial charge in [-0.25, -0.2) is 9.18 Å². The van der Waals surface area contributed by atoms with Crippen molar-refractivity contribution in [2.45, 2.75) is 32.2 Å². The highest BCUT2D eigenvalue weighted by atomic mass is 32.1. The zero-order valence-electron chi connectivity index (χ0n) is 13.3. The van der Waals surface area contributed by atoms with Gasteiger partial charge in [-0.15, -0.1) is 11.3 Å². The number of fused-ring (bicyclic) bond motifs is 3. The quantitative estimate of drug-likeness (QED) is 0.717. The minimum Gasteiger partial charge on any atom is -0.288 e. The monoisotopic (exact) mass is 344 g/mol. The Balaban J connectivity index is 1.99. The molecule has 0 atom stereocenters. The van der Waals surface area contributed by atoms with Gasteiger partial charge < -0.3 is 0 Å². The number of rotatable bonds is 2. The van der Waals surface area contributed by atoms with Crippen molar-refractivity contribution >= 4 is 21.6 Å². The fourth-order valence-corrected chi connectivity index (χ4v) is 4.78. The van der Waals surface area contributed by atoms with Crippen LogP contribution in [-0.2, 0) is 26.4 Å². The number of benzene rings is 1. The van der Waals surface area contributed by atoms with Gasteiger partial charge in [-0.1, -0.05) is 12.1 Å². The highest BCUT2D eigenvalue weighted by Crippen LogP contribution is 2.34. The van der Waals surface area contributed by atoms with Crippen LogP contribution in [0.15, 0.2) is 33.9 Å². The third-order valence-electron chi connectivity index (χ3n) is 4.68. The van der Waals surface area contributed by atoms with E-state index in [0.29, 0.717) is 11.2 Å². The van der Waals surface area contributed by atoms with E-state index >= 15 is 0 Å². The second-order valence-corrected chi connectivity index (χ2v) is 7.35. The minimum atomic E-state index is -0.317. The Bertz CT molecular complexity index is 1040. The molecule has 6 heteroatoms. The number of nitrogens with zero attached hydrogens (tertiary/aromatic N) is 2. The van der Waals surface area contributed by atoms with Crippen molar-refractivity contribution in [3.8, 4) is 0 Å². The molecule has 0 unspecified atom stereocenters. The number of thiophene rings is 1. The summed E-state index contributed by atoms with van der Waals surface area (Å²) in [6.45, 7) is 0.340. The van der Waals surface area contributed by atoms with Crippen LogP contribution in [0.3, 0.4) is 0 Å². The second kappa shape index (κ2) is 5.70. The first-order chi connectivity index (χ1) is 11.6. The van der Waals surface area contributed by atoms with Gasteiger partial charge in [0.05, 0.1) is 12.1 Å². The standard InChI is InChI=1S/C18H17FN2O2S/c1-20-17(22)16-15(13-4-2-3-5-14(13)24-16)21(18(20)23)10-11-6-8-12(19)9-7-11/h6-9H,2-5,10H2,1H3. The molecule has 0 N–H and O–H groups in total. The normalized spacial score (nSPS) is 14.1. The van der Waals surface area contributed by atoms with Gasteiger partial charge in [-0.05, 0) is 48.9 Å². The molecular formula is C18H17FN2O2S. The summed E-state index contributed by atoms with van der Waals surface area (Å²) in [6, 6.07) is 6.14. The predicted octanol–water partition coefficient (Wildman–Crippen LogP) is 2.83. The number of aryl methyl sites for hydroxylation is 2. The van der Waals surface area contributed by atoms with E-state index in [4.69, 9.17) is 0 Å². The molecule has 0 radical (unpaired) electrons. The molecule has 24 heavy (non-hydrogen) atoms. The van der Waals surface area contributed by atoms with Gasteiger partial charge >= 0.3 is 5.69 Å². The molecule has 1 aromatic carbocycles. The van der Waals surface area contributed by atoms with Crippen molar-refractivity contribution in [2.75, 3.05) is 0 Å². The Morgan fingerprint density at radius 2 is 1.83 bits per heavy atom. The molecule has 0 bridgehead atoms. The summed E-state index contributed by atoms with van der Waals surface area (Å²) >= 11 is 1.52. The average molecular weight is 344 g/mol. The molecule has 1 aliphatic rings. The SMILES string of the molecule is Cn1c(=O)c2sc3c(c2n(Cc2ccc(F)cc2)c1=O)CCCC3. The molecule has 2 heterocycles. The van der Waals surface area contributed by atoms with Gasteiger partial charge in [-0.2, -0.15) is 0 Å². The summed E-state index contributed by atoms with van der Waals surface area (Å²) in [6.07, 6.45) is 4.09. The molecule has 124 valence electrons. The van der Waals surface area contributed by atoms with Crippen molar-refractivity contribution in [3.63, 3.8) is 0 Å². The second-order valence-electron chi connectivity index (χ2n) is 6.25. The predicted molar refractivity (Wildman–Crippen MR) is 93.5 cm³/mol. The molecule has 0 saturated heterocycles. The van der Waals surface area contributed by atoms with E-state index in [1.165, 1.54) is 40.0 Å². The number of halogens is 1. The van der Waals surface area contributed by atoms with Crippen LogP contribution < -0.4 is 11.2 Å². The van der Waals surface area contributed by atoms with E-state index in [9.17, 15) is 14.0 Å². The molecule has 0 spiro atoms. The number of hydrogen-bond acceptors (Lipinski definition) is 3. The molecule has 0 saturated carbocycles. The van der Waals surface area contributed by atoms with E-state index in [-0.39, 0.29) is 17.1 Å². The van der Waals surface area contributed by atoms with Gasteiger partial charge in [0.15, 0.2) is 0 Å². The summed E-state index contributed by atoms with van der Waals surface area (Å²) < 4.78 is 16.6. The first kappa shape index (κ1) is 15.3. The fraction of sp³-hybridized carbons (Fsp3) is 0.333. The molecule has 0 aliphatic heterocycles. The Labute approximate surface area is 141 Å². The van der Waals surface area contributed by atoms with E-state index in [1.807, 2.05) is 0 Å². The zero-order chi connectivity index (χ0) is 16.8. The summed E-state index contributed by atoms with van der Waals surface area (Å²) in [5, 5.41) is 0. The average Bonchev–Trinajstić information content (AvgIpc) is 2.98. The fourth-order valence-electron chi connectivity index (χ4n) is 3.41. The van der Waals surface area contributed by atoms with Crippen LogP contribution in [0.25, 0.3) is 10.2 Å². The molecule has 4 nitrogen and oxygen atoms in total. The van der Waals surface area contributed by atoms with Crippen molar-refractivity contribution in [1.29, 1.82) is 0 Å². The van der Waals surface area contributed by atoms with E-state index < -0.39 is 0 Å². The van der Waals surface area contributed by atoms with Crippen LogP contribution in [0.2, 0.25) is 0 Å². The van der Waals surface area contributed by atoms with Crippen molar-refractivity contribution < 1.29 is 4.39 Å². The lowest BCUT2D eigenvalue weighted by atomic mass is 9.98. The maximum Gasteiger partial charge on any atom is 0.331 e. The van der Waals surface area contributed by atoms with Crippen LogP contribution in [0.1, 0.15) is 28.8 Å². The Kier molecular flexibility index (Phi) is 3.64. The van der Waals surface area contributed by atoms with E-state index in [0.717, 1.165) is 42.3 Å².